The number of benzene rings is 1. The molecule has 5 rings (SSSR count). The van der Waals surface area contributed by atoms with Gasteiger partial charge in [0.1, 0.15) is 5.82 Å². The quantitative estimate of drug-likeness (QED) is 0.429. The Hall–Kier alpha value is -3.83. The Kier molecular flexibility index (Phi) is 6.66. The van der Waals surface area contributed by atoms with Crippen molar-refractivity contribution >= 4 is 28.7 Å². The fourth-order valence-electron chi connectivity index (χ4n) is 4.58. The van der Waals surface area contributed by atoms with Crippen LogP contribution in [0.2, 0.25) is 0 Å². The van der Waals surface area contributed by atoms with Crippen LogP contribution in [0.5, 0.6) is 5.75 Å². The van der Waals surface area contributed by atoms with E-state index in [9.17, 15) is 23.9 Å². The van der Waals surface area contributed by atoms with Crippen molar-refractivity contribution in [1.82, 2.24) is 20.0 Å². The Balaban J connectivity index is 1.57. The van der Waals surface area contributed by atoms with E-state index >= 15 is 0 Å². The van der Waals surface area contributed by atoms with E-state index in [1.165, 1.54) is 16.5 Å². The van der Waals surface area contributed by atoms with Gasteiger partial charge in [-0.1, -0.05) is 12.1 Å². The first-order valence-electron chi connectivity index (χ1n) is 12.0. The standard InChI is InChI=1S/C25H27FN6O4/c26-17-4-1-16(2-5-17)3-6-20(33)22-23(35)25(36)32-15-18(30-10-7-27-8-11-30)13-19(24(32)29-22)31-12-9-28-14-21(31)34/h1-2,4-5,13,15,27-28,35H,3,6-12,14H2. The van der Waals surface area contributed by atoms with Crippen molar-refractivity contribution in [2.75, 3.05) is 55.6 Å². The number of hydrogen-bond acceptors (Lipinski definition) is 8. The van der Waals surface area contributed by atoms with Gasteiger partial charge in [-0.05, 0) is 30.2 Å². The van der Waals surface area contributed by atoms with Crippen molar-refractivity contribution in [2.45, 2.75) is 12.8 Å². The van der Waals surface area contributed by atoms with Crippen LogP contribution >= 0.6 is 0 Å². The van der Waals surface area contributed by atoms with Crippen LogP contribution in [0.25, 0.3) is 5.65 Å². The Morgan fingerprint density at radius 1 is 1.06 bits per heavy atom. The van der Waals surface area contributed by atoms with Crippen molar-refractivity contribution in [3.05, 3.63) is 64.0 Å². The number of anilines is 2. The van der Waals surface area contributed by atoms with Gasteiger partial charge in [0.15, 0.2) is 17.1 Å². The number of fused-ring (bicyclic) bond motifs is 1. The zero-order valence-corrected chi connectivity index (χ0v) is 19.7. The number of pyridine rings is 1. The first-order valence-corrected chi connectivity index (χ1v) is 12.0. The second-order valence-electron chi connectivity index (χ2n) is 8.90. The lowest BCUT2D eigenvalue weighted by molar-refractivity contribution is -0.118. The number of nitrogens with one attached hydrogen (secondary N) is 2. The number of halogens is 1. The van der Waals surface area contributed by atoms with Crippen LogP contribution in [0.15, 0.2) is 41.3 Å². The monoisotopic (exact) mass is 494 g/mol. The highest BCUT2D eigenvalue weighted by Crippen LogP contribution is 2.29. The summed E-state index contributed by atoms with van der Waals surface area (Å²) in [5, 5.41) is 17.0. The fraction of sp³-hybridized carbons (Fsp3) is 0.360. The van der Waals surface area contributed by atoms with E-state index in [0.717, 1.165) is 24.3 Å². The van der Waals surface area contributed by atoms with Gasteiger partial charge in [0.25, 0.3) is 0 Å². The molecule has 0 spiro atoms. The molecule has 0 bridgehead atoms. The first-order chi connectivity index (χ1) is 17.4. The topological polar surface area (TPSA) is 119 Å². The predicted molar refractivity (Wildman–Crippen MR) is 132 cm³/mol. The maximum atomic E-state index is 13.2. The van der Waals surface area contributed by atoms with E-state index in [0.29, 0.717) is 38.3 Å². The number of aromatic nitrogens is 2. The van der Waals surface area contributed by atoms with Gasteiger partial charge in [-0.15, -0.1) is 0 Å². The smallest absolute Gasteiger partial charge is 0.300 e. The summed E-state index contributed by atoms with van der Waals surface area (Å²) in [6.07, 6.45) is 1.87. The lowest BCUT2D eigenvalue weighted by atomic mass is 10.1. The minimum absolute atomic E-state index is 0.0252. The van der Waals surface area contributed by atoms with Crippen molar-refractivity contribution in [3.63, 3.8) is 0 Å². The molecule has 1 amide bonds. The summed E-state index contributed by atoms with van der Waals surface area (Å²) >= 11 is 0. The molecular weight excluding hydrogens is 467 g/mol. The molecule has 0 aliphatic carbocycles. The molecule has 188 valence electrons. The van der Waals surface area contributed by atoms with Gasteiger partial charge in [0, 0.05) is 51.9 Å². The highest BCUT2D eigenvalue weighted by molar-refractivity contribution is 6.01. The number of carbonyl (C=O) groups excluding carboxylic acids is 2. The lowest BCUT2D eigenvalue weighted by Crippen LogP contribution is -2.48. The molecule has 0 saturated carbocycles. The number of amides is 1. The van der Waals surface area contributed by atoms with Crippen molar-refractivity contribution in [3.8, 4) is 5.75 Å². The average Bonchev–Trinajstić information content (AvgIpc) is 2.90. The van der Waals surface area contributed by atoms with Crippen LogP contribution in [0, 0.1) is 5.82 Å². The molecule has 2 aliphatic rings. The molecule has 0 atom stereocenters. The molecule has 4 heterocycles. The summed E-state index contributed by atoms with van der Waals surface area (Å²) in [6.45, 7) is 4.09. The Labute approximate surface area is 206 Å². The average molecular weight is 495 g/mol. The SMILES string of the molecule is O=C(CCc1ccc(F)cc1)c1nc2c(N3CCNCC3=O)cc(N3CCNCC3)cn2c(=O)c1O. The molecule has 10 nitrogen and oxygen atoms in total. The van der Waals surface area contributed by atoms with Gasteiger partial charge in [-0.25, -0.2) is 9.37 Å². The summed E-state index contributed by atoms with van der Waals surface area (Å²) in [4.78, 5) is 47.1. The molecular formula is C25H27FN6O4. The van der Waals surface area contributed by atoms with E-state index < -0.39 is 17.1 Å². The molecule has 36 heavy (non-hydrogen) atoms. The van der Waals surface area contributed by atoms with Crippen molar-refractivity contribution in [2.24, 2.45) is 0 Å². The third-order valence-corrected chi connectivity index (χ3v) is 6.55. The molecule has 0 radical (unpaired) electrons. The van der Waals surface area contributed by atoms with Crippen LogP contribution in [0.4, 0.5) is 15.8 Å². The molecule has 3 aromatic rings. The van der Waals surface area contributed by atoms with E-state index in [-0.39, 0.29) is 36.0 Å². The summed E-state index contributed by atoms with van der Waals surface area (Å²) in [6, 6.07) is 7.60. The lowest BCUT2D eigenvalue weighted by Gasteiger charge is -2.32. The van der Waals surface area contributed by atoms with Gasteiger partial charge >= 0.3 is 5.56 Å². The van der Waals surface area contributed by atoms with Crippen LogP contribution in [-0.2, 0) is 11.2 Å². The minimum Gasteiger partial charge on any atom is -0.501 e. The minimum atomic E-state index is -0.772. The molecule has 0 unspecified atom stereocenters. The number of aryl methyl sites for hydroxylation is 1. The molecule has 2 saturated heterocycles. The van der Waals surface area contributed by atoms with Crippen LogP contribution in [0.1, 0.15) is 22.5 Å². The second-order valence-corrected chi connectivity index (χ2v) is 8.90. The van der Waals surface area contributed by atoms with Crippen LogP contribution in [0.3, 0.4) is 0 Å². The normalized spacial score (nSPS) is 16.5. The molecule has 3 N–H and O–H groups in total. The second kappa shape index (κ2) is 10.0. The Bertz CT molecular complexity index is 1370. The number of nitrogens with zero attached hydrogens (tertiary/aromatic N) is 4. The maximum absolute atomic E-state index is 13.2. The van der Waals surface area contributed by atoms with E-state index in [2.05, 4.69) is 20.5 Å². The van der Waals surface area contributed by atoms with Crippen molar-refractivity contribution in [1.29, 1.82) is 0 Å². The van der Waals surface area contributed by atoms with E-state index in [1.807, 2.05) is 6.07 Å². The van der Waals surface area contributed by atoms with Crippen molar-refractivity contribution < 1.29 is 19.1 Å². The molecule has 2 aliphatic heterocycles. The van der Waals surface area contributed by atoms with Crippen LogP contribution in [-0.4, -0.2) is 72.0 Å². The third kappa shape index (κ3) is 4.67. The number of rotatable bonds is 6. The zero-order valence-electron chi connectivity index (χ0n) is 19.7. The fourth-order valence-corrected chi connectivity index (χ4v) is 4.58. The maximum Gasteiger partial charge on any atom is 0.300 e. The van der Waals surface area contributed by atoms with Gasteiger partial charge < -0.3 is 25.5 Å². The van der Waals surface area contributed by atoms with Gasteiger partial charge in [-0.2, -0.15) is 0 Å². The third-order valence-electron chi connectivity index (χ3n) is 6.55. The summed E-state index contributed by atoms with van der Waals surface area (Å²) in [7, 11) is 0. The Morgan fingerprint density at radius 2 is 1.78 bits per heavy atom. The number of hydrogen-bond donors (Lipinski definition) is 3. The summed E-state index contributed by atoms with van der Waals surface area (Å²) in [5.74, 6) is -1.79. The van der Waals surface area contributed by atoms with E-state index in [1.54, 1.807) is 23.2 Å². The highest BCUT2D eigenvalue weighted by atomic mass is 19.1. The van der Waals surface area contributed by atoms with Crippen LogP contribution < -0.4 is 26.0 Å². The summed E-state index contributed by atoms with van der Waals surface area (Å²) in [5.41, 5.74) is 0.921. The van der Waals surface area contributed by atoms with Gasteiger partial charge in [0.2, 0.25) is 11.7 Å². The predicted octanol–water partition coefficient (Wildman–Crippen LogP) is 0.701. The Morgan fingerprint density at radius 3 is 2.50 bits per heavy atom. The molecule has 11 heteroatoms. The highest BCUT2D eigenvalue weighted by Gasteiger charge is 2.27. The number of piperazine rings is 2. The summed E-state index contributed by atoms with van der Waals surface area (Å²) < 4.78 is 14.4. The number of carbonyl (C=O) groups is 2. The first kappa shape index (κ1) is 23.9. The number of ketones is 1. The van der Waals surface area contributed by atoms with Gasteiger partial charge in [-0.3, -0.25) is 18.8 Å². The molecule has 2 fully saturated rings. The van der Waals surface area contributed by atoms with E-state index in [4.69, 9.17) is 0 Å². The molecule has 2 aromatic heterocycles. The number of aromatic hydroxyl groups is 1. The van der Waals surface area contributed by atoms with Gasteiger partial charge in [0.05, 0.1) is 17.9 Å². The zero-order chi connectivity index (χ0) is 25.2. The largest absolute Gasteiger partial charge is 0.501 e. The number of Topliss-reactive ketones (excluding diaryl/α,β-unsaturated/α-hetero) is 1. The molecule has 1 aromatic carbocycles.